The fourth-order valence-electron chi connectivity index (χ4n) is 3.63. The third kappa shape index (κ3) is 2.53. The first kappa shape index (κ1) is 15.6. The molecule has 130 valence electrons. The third-order valence-electron chi connectivity index (χ3n) is 5.19. The molecule has 0 radical (unpaired) electrons. The normalized spacial score (nSPS) is 13.3. The van der Waals surface area contributed by atoms with Crippen LogP contribution in [0.2, 0.25) is 0 Å². The molecule has 0 spiro atoms. The lowest BCUT2D eigenvalue weighted by Crippen LogP contribution is -1.90. The first-order chi connectivity index (χ1) is 12.7. The molecule has 0 aliphatic carbocycles. The fourth-order valence-corrected chi connectivity index (χ4v) is 4.52. The van der Waals surface area contributed by atoms with E-state index in [9.17, 15) is 0 Å². The summed E-state index contributed by atoms with van der Waals surface area (Å²) in [6, 6.07) is 15.5. The Hall–Kier alpha value is -2.59. The quantitative estimate of drug-likeness (QED) is 0.499. The Balaban J connectivity index is 1.55. The lowest BCUT2D eigenvalue weighted by Gasteiger charge is -2.06. The van der Waals surface area contributed by atoms with Crippen LogP contribution in [0.4, 0.5) is 5.69 Å². The van der Waals surface area contributed by atoms with Gasteiger partial charge in [-0.15, -0.1) is 11.3 Å². The summed E-state index contributed by atoms with van der Waals surface area (Å²) < 4.78 is 2.22. The molecule has 1 aliphatic heterocycles. The lowest BCUT2D eigenvalue weighted by molar-refractivity contribution is 0.867. The Labute approximate surface area is 157 Å². The van der Waals surface area contributed by atoms with E-state index < -0.39 is 0 Å². The van der Waals surface area contributed by atoms with E-state index in [-0.39, 0.29) is 0 Å². The van der Waals surface area contributed by atoms with Crippen LogP contribution in [-0.2, 0) is 6.42 Å². The number of anilines is 1. The molecule has 0 fully saturated rings. The lowest BCUT2D eigenvalue weighted by atomic mass is 10.0. The summed E-state index contributed by atoms with van der Waals surface area (Å²) in [4.78, 5) is 5.90. The van der Waals surface area contributed by atoms with Crippen LogP contribution in [0.3, 0.4) is 0 Å². The van der Waals surface area contributed by atoms with Gasteiger partial charge in [0.05, 0.1) is 11.4 Å². The molecule has 3 heterocycles. The van der Waals surface area contributed by atoms with E-state index >= 15 is 0 Å². The summed E-state index contributed by atoms with van der Waals surface area (Å²) >= 11 is 1.70. The molecule has 0 unspecified atom stereocenters. The summed E-state index contributed by atoms with van der Waals surface area (Å²) in [6.07, 6.45) is 3.26. The van der Waals surface area contributed by atoms with Crippen LogP contribution in [0.5, 0.6) is 0 Å². The maximum absolute atomic E-state index is 4.86. The Kier molecular flexibility index (Phi) is 3.61. The SMILES string of the molecule is CC(C)c1ccc(-c2csc3nc(-c4ccc5c(c4)CCN5)cn23)cc1. The highest BCUT2D eigenvalue weighted by Crippen LogP contribution is 2.32. The molecule has 2 aromatic carbocycles. The number of imidazole rings is 1. The van der Waals surface area contributed by atoms with E-state index in [4.69, 9.17) is 4.98 Å². The predicted molar refractivity (Wildman–Crippen MR) is 110 cm³/mol. The first-order valence-electron chi connectivity index (χ1n) is 9.13. The fraction of sp³-hybridized carbons (Fsp3) is 0.227. The third-order valence-corrected chi connectivity index (χ3v) is 6.03. The summed E-state index contributed by atoms with van der Waals surface area (Å²) in [5.41, 5.74) is 8.73. The molecule has 1 aliphatic rings. The van der Waals surface area contributed by atoms with E-state index in [0.717, 1.165) is 23.6 Å². The largest absolute Gasteiger partial charge is 0.384 e. The van der Waals surface area contributed by atoms with Crippen LogP contribution in [0.25, 0.3) is 27.5 Å². The highest BCUT2D eigenvalue weighted by molar-refractivity contribution is 7.15. The van der Waals surface area contributed by atoms with Crippen LogP contribution >= 0.6 is 11.3 Å². The molecule has 26 heavy (non-hydrogen) atoms. The van der Waals surface area contributed by atoms with Crippen LogP contribution in [0, 0.1) is 0 Å². The second-order valence-electron chi connectivity index (χ2n) is 7.23. The minimum atomic E-state index is 0.556. The van der Waals surface area contributed by atoms with Crippen molar-refractivity contribution in [2.45, 2.75) is 26.2 Å². The molecule has 3 nitrogen and oxygen atoms in total. The van der Waals surface area contributed by atoms with Gasteiger partial charge in [0.1, 0.15) is 0 Å². The van der Waals surface area contributed by atoms with Gasteiger partial charge in [0.25, 0.3) is 0 Å². The van der Waals surface area contributed by atoms with Crippen LogP contribution < -0.4 is 5.32 Å². The molecule has 0 bridgehead atoms. The number of hydrogen-bond acceptors (Lipinski definition) is 3. The molecule has 4 heteroatoms. The first-order valence-corrected chi connectivity index (χ1v) is 10.0. The number of hydrogen-bond donors (Lipinski definition) is 1. The van der Waals surface area contributed by atoms with E-state index in [1.165, 1.54) is 33.6 Å². The highest BCUT2D eigenvalue weighted by atomic mass is 32.1. The molecular weight excluding hydrogens is 338 g/mol. The molecule has 0 amide bonds. The van der Waals surface area contributed by atoms with Gasteiger partial charge in [0.2, 0.25) is 0 Å². The zero-order valence-corrected chi connectivity index (χ0v) is 15.8. The Bertz CT molecular complexity index is 1090. The molecule has 4 aromatic rings. The standard InChI is InChI=1S/C22H21N3S/c1-14(2)15-3-5-16(6-4-15)21-13-26-22-24-20(12-25(21)22)17-7-8-19-18(11-17)9-10-23-19/h3-8,11-14,23H,9-10H2,1-2H3. The maximum Gasteiger partial charge on any atom is 0.194 e. The second-order valence-corrected chi connectivity index (χ2v) is 8.06. The minimum absolute atomic E-state index is 0.556. The number of nitrogens with zero attached hydrogens (tertiary/aromatic N) is 2. The van der Waals surface area contributed by atoms with Gasteiger partial charge in [-0.25, -0.2) is 4.98 Å². The van der Waals surface area contributed by atoms with Crippen molar-refractivity contribution in [1.82, 2.24) is 9.38 Å². The average molecular weight is 359 g/mol. The van der Waals surface area contributed by atoms with Crippen molar-refractivity contribution in [1.29, 1.82) is 0 Å². The monoisotopic (exact) mass is 359 g/mol. The van der Waals surface area contributed by atoms with Crippen molar-refractivity contribution in [2.24, 2.45) is 0 Å². The van der Waals surface area contributed by atoms with Crippen molar-refractivity contribution in [3.05, 3.63) is 65.2 Å². The van der Waals surface area contributed by atoms with Crippen LogP contribution in [-0.4, -0.2) is 15.9 Å². The van der Waals surface area contributed by atoms with Crippen molar-refractivity contribution in [2.75, 3.05) is 11.9 Å². The van der Waals surface area contributed by atoms with Crippen molar-refractivity contribution in [3.8, 4) is 22.5 Å². The Morgan fingerprint density at radius 1 is 1.08 bits per heavy atom. The highest BCUT2D eigenvalue weighted by Gasteiger charge is 2.14. The minimum Gasteiger partial charge on any atom is -0.384 e. The second kappa shape index (κ2) is 5.99. The molecule has 0 atom stereocenters. The van der Waals surface area contributed by atoms with Gasteiger partial charge < -0.3 is 5.32 Å². The number of aromatic nitrogens is 2. The number of nitrogens with one attached hydrogen (secondary N) is 1. The molecule has 1 N–H and O–H groups in total. The van der Waals surface area contributed by atoms with Gasteiger partial charge in [-0.2, -0.15) is 0 Å². The van der Waals surface area contributed by atoms with E-state index in [0.29, 0.717) is 5.92 Å². The van der Waals surface area contributed by atoms with Gasteiger partial charge in [-0.05, 0) is 41.2 Å². The van der Waals surface area contributed by atoms with Crippen LogP contribution in [0.15, 0.2) is 54.0 Å². The van der Waals surface area contributed by atoms with E-state index in [2.05, 4.69) is 77.6 Å². The Morgan fingerprint density at radius 3 is 2.69 bits per heavy atom. The van der Waals surface area contributed by atoms with E-state index in [1.54, 1.807) is 11.3 Å². The molecule has 0 saturated heterocycles. The summed E-state index contributed by atoms with van der Waals surface area (Å²) in [5, 5.41) is 5.62. The number of benzene rings is 2. The van der Waals surface area contributed by atoms with Crippen LogP contribution in [0.1, 0.15) is 30.9 Å². The Morgan fingerprint density at radius 2 is 1.88 bits per heavy atom. The smallest absolute Gasteiger partial charge is 0.194 e. The van der Waals surface area contributed by atoms with E-state index in [1.807, 2.05) is 0 Å². The van der Waals surface area contributed by atoms with Gasteiger partial charge in [-0.3, -0.25) is 4.40 Å². The summed E-state index contributed by atoms with van der Waals surface area (Å²) in [7, 11) is 0. The predicted octanol–water partition coefficient (Wildman–Crippen LogP) is 5.82. The molecule has 0 saturated carbocycles. The van der Waals surface area contributed by atoms with Crippen molar-refractivity contribution in [3.63, 3.8) is 0 Å². The van der Waals surface area contributed by atoms with Gasteiger partial charge >= 0.3 is 0 Å². The number of fused-ring (bicyclic) bond motifs is 2. The maximum atomic E-state index is 4.86. The topological polar surface area (TPSA) is 29.3 Å². The number of rotatable bonds is 3. The van der Waals surface area contributed by atoms with Gasteiger partial charge in [-0.1, -0.05) is 44.2 Å². The zero-order chi connectivity index (χ0) is 17.7. The average Bonchev–Trinajstić information content (AvgIpc) is 3.36. The zero-order valence-electron chi connectivity index (χ0n) is 15.0. The summed E-state index contributed by atoms with van der Waals surface area (Å²) in [6.45, 7) is 5.49. The summed E-state index contributed by atoms with van der Waals surface area (Å²) in [5.74, 6) is 0.556. The molecular formula is C22H21N3S. The number of thiazole rings is 1. The van der Waals surface area contributed by atoms with Crippen molar-refractivity contribution < 1.29 is 0 Å². The van der Waals surface area contributed by atoms with Gasteiger partial charge in [0.15, 0.2) is 4.96 Å². The molecule has 5 rings (SSSR count). The van der Waals surface area contributed by atoms with Crippen molar-refractivity contribution >= 4 is 22.0 Å². The van der Waals surface area contributed by atoms with Gasteiger partial charge in [0, 0.05) is 29.4 Å². The molecule has 2 aromatic heterocycles.